The van der Waals surface area contributed by atoms with Gasteiger partial charge in [0.25, 0.3) is 0 Å². The van der Waals surface area contributed by atoms with Crippen molar-refractivity contribution in [1.29, 1.82) is 0 Å². The maximum Gasteiger partial charge on any atom is 0.0748 e. The van der Waals surface area contributed by atoms with Crippen molar-refractivity contribution < 1.29 is 0 Å². The van der Waals surface area contributed by atoms with E-state index in [1.165, 1.54) is 21.9 Å². The van der Waals surface area contributed by atoms with E-state index in [0.717, 1.165) is 21.8 Å². The number of nitrogens with zero attached hydrogens (tertiary/aromatic N) is 2. The van der Waals surface area contributed by atoms with Crippen LogP contribution in [0.3, 0.4) is 0 Å². The monoisotopic (exact) mass is 334 g/mol. The number of para-hydroxylation sites is 2. The Kier molecular flexibility index (Phi) is 3.93. The zero-order chi connectivity index (χ0) is 15.6. The highest BCUT2D eigenvalue weighted by Crippen LogP contribution is 2.42. The van der Waals surface area contributed by atoms with Gasteiger partial charge in [0.05, 0.1) is 16.3 Å². The number of fused-ring (bicyclic) bond motifs is 2. The normalized spacial score (nSPS) is 11.4. The van der Waals surface area contributed by atoms with Gasteiger partial charge in [-0.1, -0.05) is 59.3 Å². The van der Waals surface area contributed by atoms with Crippen molar-refractivity contribution in [2.75, 3.05) is 0 Å². The van der Waals surface area contributed by atoms with Gasteiger partial charge in [0.1, 0.15) is 0 Å². The average Bonchev–Trinajstić information content (AvgIpc) is 2.63. The van der Waals surface area contributed by atoms with Crippen LogP contribution in [0.1, 0.15) is 16.4 Å². The summed E-state index contributed by atoms with van der Waals surface area (Å²) in [5.74, 6) is 0. The average molecular weight is 334 g/mol. The SMILES string of the molecule is SSC(c1cccc2cccnc12)c1cccc2cccnc12. The van der Waals surface area contributed by atoms with E-state index in [-0.39, 0.29) is 5.25 Å². The maximum absolute atomic E-state index is 4.59. The summed E-state index contributed by atoms with van der Waals surface area (Å²) >= 11 is 4.55. The predicted molar refractivity (Wildman–Crippen MR) is 102 cm³/mol. The smallest absolute Gasteiger partial charge is 0.0748 e. The minimum atomic E-state index is 0.0792. The van der Waals surface area contributed by atoms with E-state index in [4.69, 9.17) is 0 Å². The number of aromatic nitrogens is 2. The van der Waals surface area contributed by atoms with Crippen LogP contribution in [0.2, 0.25) is 0 Å². The zero-order valence-electron chi connectivity index (χ0n) is 12.3. The van der Waals surface area contributed by atoms with Gasteiger partial charge in [-0.25, -0.2) is 0 Å². The lowest BCUT2D eigenvalue weighted by molar-refractivity contribution is 1.17. The number of benzene rings is 2. The van der Waals surface area contributed by atoms with Gasteiger partial charge in [0.2, 0.25) is 0 Å². The lowest BCUT2D eigenvalue weighted by Crippen LogP contribution is -1.99. The number of rotatable bonds is 3. The van der Waals surface area contributed by atoms with Crippen LogP contribution in [0, 0.1) is 0 Å². The molecule has 0 bridgehead atoms. The molecular weight excluding hydrogens is 320 g/mol. The molecule has 0 fully saturated rings. The molecule has 2 aromatic heterocycles. The molecule has 0 aliphatic carbocycles. The molecule has 2 nitrogen and oxygen atoms in total. The molecule has 0 saturated carbocycles. The molecule has 0 N–H and O–H groups in total. The van der Waals surface area contributed by atoms with E-state index in [2.05, 4.69) is 70.2 Å². The molecule has 0 amide bonds. The lowest BCUT2D eigenvalue weighted by atomic mass is 9.99. The molecule has 0 aliphatic heterocycles. The Hall–Kier alpha value is -2.04. The summed E-state index contributed by atoms with van der Waals surface area (Å²) in [5.41, 5.74) is 4.38. The third kappa shape index (κ3) is 2.58. The second-order valence-corrected chi connectivity index (χ2v) is 6.64. The predicted octanol–water partition coefficient (Wildman–Crippen LogP) is 5.45. The Morgan fingerprint density at radius 1 is 0.696 bits per heavy atom. The number of hydrogen-bond acceptors (Lipinski definition) is 4. The first-order valence-corrected chi connectivity index (χ1v) is 9.29. The molecule has 0 spiro atoms. The largest absolute Gasteiger partial charge is 0.256 e. The zero-order valence-corrected chi connectivity index (χ0v) is 14.0. The van der Waals surface area contributed by atoms with E-state index >= 15 is 0 Å². The third-order valence-corrected chi connectivity index (χ3v) is 5.35. The Bertz CT molecular complexity index is 895. The molecule has 23 heavy (non-hydrogen) atoms. The standard InChI is InChI=1S/C19H14N2S2/c22-23-19(15-9-1-5-13-7-3-11-20-17(13)15)16-10-2-6-14-8-4-12-21-18(14)16/h1-12,19,22H. The molecule has 0 radical (unpaired) electrons. The number of pyridine rings is 2. The van der Waals surface area contributed by atoms with E-state index in [9.17, 15) is 0 Å². The Morgan fingerprint density at radius 3 is 1.65 bits per heavy atom. The van der Waals surface area contributed by atoms with Crippen LogP contribution in [-0.4, -0.2) is 9.97 Å². The van der Waals surface area contributed by atoms with Crippen LogP contribution in [0.25, 0.3) is 21.8 Å². The summed E-state index contributed by atoms with van der Waals surface area (Å²) in [6, 6.07) is 20.7. The van der Waals surface area contributed by atoms with Gasteiger partial charge < -0.3 is 0 Å². The maximum atomic E-state index is 4.59. The van der Waals surface area contributed by atoms with E-state index < -0.39 is 0 Å². The quantitative estimate of drug-likeness (QED) is 0.398. The summed E-state index contributed by atoms with van der Waals surface area (Å²) in [6.45, 7) is 0. The Labute approximate surface area is 143 Å². The summed E-state index contributed by atoms with van der Waals surface area (Å²) < 4.78 is 0. The molecule has 4 heteroatoms. The summed E-state index contributed by atoms with van der Waals surface area (Å²) in [7, 11) is 1.52. The van der Waals surface area contributed by atoms with Gasteiger partial charge >= 0.3 is 0 Å². The van der Waals surface area contributed by atoms with Crippen LogP contribution in [0.5, 0.6) is 0 Å². The molecule has 112 valence electrons. The van der Waals surface area contributed by atoms with Crippen molar-refractivity contribution >= 4 is 44.3 Å². The molecule has 0 unspecified atom stereocenters. The minimum Gasteiger partial charge on any atom is -0.256 e. The van der Waals surface area contributed by atoms with Crippen molar-refractivity contribution in [3.05, 3.63) is 84.2 Å². The summed E-state index contributed by atoms with van der Waals surface area (Å²) in [6.07, 6.45) is 3.68. The van der Waals surface area contributed by atoms with Gasteiger partial charge in [0, 0.05) is 23.2 Å². The van der Waals surface area contributed by atoms with Gasteiger partial charge in [-0.05, 0) is 23.3 Å². The van der Waals surface area contributed by atoms with Crippen LogP contribution >= 0.6 is 22.5 Å². The highest BCUT2D eigenvalue weighted by atomic mass is 33.1. The first-order chi connectivity index (χ1) is 11.4. The van der Waals surface area contributed by atoms with Gasteiger partial charge in [0.15, 0.2) is 0 Å². The molecule has 0 atom stereocenters. The van der Waals surface area contributed by atoms with Crippen LogP contribution in [0.4, 0.5) is 0 Å². The molecular formula is C19H14N2S2. The third-order valence-electron chi connectivity index (χ3n) is 4.00. The van der Waals surface area contributed by atoms with Gasteiger partial charge in [-0.3, -0.25) is 9.97 Å². The van der Waals surface area contributed by atoms with E-state index in [1.54, 1.807) is 0 Å². The van der Waals surface area contributed by atoms with Crippen molar-refractivity contribution in [1.82, 2.24) is 9.97 Å². The fourth-order valence-corrected chi connectivity index (χ4v) is 4.25. The first-order valence-electron chi connectivity index (χ1n) is 7.36. The van der Waals surface area contributed by atoms with Crippen LogP contribution < -0.4 is 0 Å². The highest BCUT2D eigenvalue weighted by molar-refractivity contribution is 8.68. The van der Waals surface area contributed by atoms with Crippen molar-refractivity contribution in [2.24, 2.45) is 0 Å². The molecule has 2 heterocycles. The molecule has 2 aromatic carbocycles. The molecule has 4 aromatic rings. The second kappa shape index (κ2) is 6.22. The molecule has 0 saturated heterocycles. The summed E-state index contributed by atoms with van der Waals surface area (Å²) in [4.78, 5) is 9.18. The van der Waals surface area contributed by atoms with Crippen molar-refractivity contribution in [3.63, 3.8) is 0 Å². The Morgan fingerprint density at radius 2 is 1.17 bits per heavy atom. The van der Waals surface area contributed by atoms with E-state index in [0.29, 0.717) is 0 Å². The number of thiol groups is 1. The van der Waals surface area contributed by atoms with Crippen molar-refractivity contribution in [2.45, 2.75) is 5.25 Å². The summed E-state index contributed by atoms with van der Waals surface area (Å²) in [5, 5.41) is 2.37. The van der Waals surface area contributed by atoms with Gasteiger partial charge in [-0.15, -0.1) is 11.7 Å². The highest BCUT2D eigenvalue weighted by Gasteiger charge is 2.19. The van der Waals surface area contributed by atoms with E-state index in [1.807, 2.05) is 24.5 Å². The number of hydrogen-bond donors (Lipinski definition) is 1. The molecule has 4 rings (SSSR count). The van der Waals surface area contributed by atoms with Crippen LogP contribution in [0.15, 0.2) is 73.1 Å². The fourth-order valence-electron chi connectivity index (χ4n) is 2.96. The minimum absolute atomic E-state index is 0.0792. The lowest BCUT2D eigenvalue weighted by Gasteiger charge is -2.18. The van der Waals surface area contributed by atoms with Crippen LogP contribution in [-0.2, 0) is 0 Å². The first kappa shape index (κ1) is 14.5. The van der Waals surface area contributed by atoms with Crippen molar-refractivity contribution in [3.8, 4) is 0 Å². The second-order valence-electron chi connectivity index (χ2n) is 5.33. The van der Waals surface area contributed by atoms with Gasteiger partial charge in [-0.2, -0.15) is 0 Å². The fraction of sp³-hybridized carbons (Fsp3) is 0.0526. The molecule has 0 aliphatic rings. The topological polar surface area (TPSA) is 25.8 Å². The Balaban J connectivity index is 1.97.